The summed E-state index contributed by atoms with van der Waals surface area (Å²) in [5.41, 5.74) is 6.98. The van der Waals surface area contributed by atoms with Gasteiger partial charge < -0.3 is 5.73 Å². The van der Waals surface area contributed by atoms with Crippen molar-refractivity contribution in [1.82, 2.24) is 14.8 Å². The highest BCUT2D eigenvalue weighted by Gasteiger charge is 2.12. The molecule has 2 N–H and O–H groups in total. The molecule has 20 heavy (non-hydrogen) atoms. The van der Waals surface area contributed by atoms with Crippen LogP contribution in [-0.2, 0) is 19.4 Å². The Hall–Kier alpha value is -1.46. The molecule has 0 amide bonds. The lowest BCUT2D eigenvalue weighted by Gasteiger charge is -2.13. The Kier molecular flexibility index (Phi) is 5.09. The van der Waals surface area contributed by atoms with Gasteiger partial charge in [-0.1, -0.05) is 24.6 Å². The third kappa shape index (κ3) is 3.77. The van der Waals surface area contributed by atoms with Gasteiger partial charge in [0.15, 0.2) is 0 Å². The van der Waals surface area contributed by atoms with Gasteiger partial charge in [0.05, 0.1) is 0 Å². The van der Waals surface area contributed by atoms with Gasteiger partial charge >= 0.3 is 0 Å². The molecule has 4 nitrogen and oxygen atoms in total. The van der Waals surface area contributed by atoms with Crippen molar-refractivity contribution < 1.29 is 4.39 Å². The minimum Gasteiger partial charge on any atom is -0.327 e. The maximum Gasteiger partial charge on any atom is 0.138 e. The molecule has 2 rings (SSSR count). The topological polar surface area (TPSA) is 56.7 Å². The highest BCUT2D eigenvalue weighted by molar-refractivity contribution is 6.31. The molecule has 1 aromatic carbocycles. The fourth-order valence-electron chi connectivity index (χ4n) is 2.12. The number of benzene rings is 1. The van der Waals surface area contributed by atoms with Gasteiger partial charge in [-0.2, -0.15) is 5.10 Å². The molecule has 0 aliphatic carbocycles. The van der Waals surface area contributed by atoms with Gasteiger partial charge in [-0.3, -0.25) is 4.68 Å². The van der Waals surface area contributed by atoms with Crippen LogP contribution in [0.3, 0.4) is 0 Å². The molecule has 6 heteroatoms. The van der Waals surface area contributed by atoms with E-state index >= 15 is 0 Å². The molecule has 1 unspecified atom stereocenters. The Balaban J connectivity index is 2.01. The van der Waals surface area contributed by atoms with Crippen LogP contribution in [0.5, 0.6) is 0 Å². The van der Waals surface area contributed by atoms with Gasteiger partial charge in [0.25, 0.3) is 0 Å². The number of rotatable bonds is 6. The Labute approximate surface area is 122 Å². The quantitative estimate of drug-likeness (QED) is 0.891. The zero-order valence-corrected chi connectivity index (χ0v) is 12.1. The Morgan fingerprint density at radius 2 is 2.20 bits per heavy atom. The van der Waals surface area contributed by atoms with Crippen LogP contribution in [-0.4, -0.2) is 20.8 Å². The highest BCUT2D eigenvalue weighted by Crippen LogP contribution is 2.19. The van der Waals surface area contributed by atoms with Gasteiger partial charge in [0.2, 0.25) is 0 Å². The predicted molar refractivity (Wildman–Crippen MR) is 77.1 cm³/mol. The Morgan fingerprint density at radius 1 is 1.40 bits per heavy atom. The van der Waals surface area contributed by atoms with E-state index in [-0.39, 0.29) is 11.9 Å². The first-order valence-electron chi connectivity index (χ1n) is 6.66. The lowest BCUT2D eigenvalue weighted by atomic mass is 10.0. The standard InChI is InChI=1S/C14H18ClFN4/c1-2-5-20-14(18-9-19-20)8-12(17)6-10-3-4-11(16)7-13(10)15/h3-4,7,9,12H,2,5-6,8,17H2,1H3. The molecule has 0 spiro atoms. The fraction of sp³-hybridized carbons (Fsp3) is 0.429. The number of aryl methyl sites for hydroxylation is 1. The van der Waals surface area contributed by atoms with E-state index in [4.69, 9.17) is 17.3 Å². The molecule has 0 radical (unpaired) electrons. The summed E-state index contributed by atoms with van der Waals surface area (Å²) in [5, 5.41) is 4.58. The molecule has 0 saturated carbocycles. The van der Waals surface area contributed by atoms with Crippen molar-refractivity contribution in [1.29, 1.82) is 0 Å². The van der Waals surface area contributed by atoms with Crippen molar-refractivity contribution >= 4 is 11.6 Å². The van der Waals surface area contributed by atoms with E-state index in [0.29, 0.717) is 17.9 Å². The fourth-order valence-corrected chi connectivity index (χ4v) is 2.37. The van der Waals surface area contributed by atoms with Crippen molar-refractivity contribution in [2.24, 2.45) is 5.73 Å². The highest BCUT2D eigenvalue weighted by atomic mass is 35.5. The van der Waals surface area contributed by atoms with Crippen LogP contribution in [0.25, 0.3) is 0 Å². The van der Waals surface area contributed by atoms with Crippen LogP contribution < -0.4 is 5.73 Å². The second-order valence-electron chi connectivity index (χ2n) is 4.80. The van der Waals surface area contributed by atoms with Crippen LogP contribution in [0, 0.1) is 5.82 Å². The second-order valence-corrected chi connectivity index (χ2v) is 5.21. The molecule has 1 atom stereocenters. The molecule has 2 aromatic rings. The van der Waals surface area contributed by atoms with E-state index in [2.05, 4.69) is 17.0 Å². The molecule has 0 saturated heterocycles. The summed E-state index contributed by atoms with van der Waals surface area (Å²) in [6, 6.07) is 4.25. The van der Waals surface area contributed by atoms with Crippen LogP contribution in [0.15, 0.2) is 24.5 Å². The molecular weight excluding hydrogens is 279 g/mol. The van der Waals surface area contributed by atoms with Crippen molar-refractivity contribution in [3.05, 3.63) is 46.8 Å². The molecule has 0 aliphatic heterocycles. The second kappa shape index (κ2) is 6.81. The van der Waals surface area contributed by atoms with Crippen LogP contribution in [0.4, 0.5) is 4.39 Å². The van der Waals surface area contributed by atoms with Gasteiger partial charge in [-0.15, -0.1) is 0 Å². The maximum absolute atomic E-state index is 13.0. The zero-order valence-electron chi connectivity index (χ0n) is 11.4. The van der Waals surface area contributed by atoms with Crippen LogP contribution >= 0.6 is 11.6 Å². The van der Waals surface area contributed by atoms with E-state index in [9.17, 15) is 4.39 Å². The van der Waals surface area contributed by atoms with Gasteiger partial charge in [0, 0.05) is 24.0 Å². The van der Waals surface area contributed by atoms with Crippen molar-refractivity contribution in [3.8, 4) is 0 Å². The molecule has 108 valence electrons. The monoisotopic (exact) mass is 296 g/mol. The summed E-state index contributed by atoms with van der Waals surface area (Å²) in [7, 11) is 0. The lowest BCUT2D eigenvalue weighted by molar-refractivity contribution is 0.540. The van der Waals surface area contributed by atoms with E-state index in [1.54, 1.807) is 12.4 Å². The average molecular weight is 297 g/mol. The molecule has 1 heterocycles. The smallest absolute Gasteiger partial charge is 0.138 e. The van der Waals surface area contributed by atoms with Crippen molar-refractivity contribution in [3.63, 3.8) is 0 Å². The summed E-state index contributed by atoms with van der Waals surface area (Å²) >= 11 is 6.01. The summed E-state index contributed by atoms with van der Waals surface area (Å²) < 4.78 is 14.9. The average Bonchev–Trinajstić information content (AvgIpc) is 2.81. The summed E-state index contributed by atoms with van der Waals surface area (Å²) in [6.45, 7) is 2.92. The first kappa shape index (κ1) is 14.9. The van der Waals surface area contributed by atoms with E-state index in [1.807, 2.05) is 4.68 Å². The normalized spacial score (nSPS) is 12.6. The van der Waals surface area contributed by atoms with Gasteiger partial charge in [0.1, 0.15) is 18.0 Å². The number of aromatic nitrogens is 3. The Bertz CT molecular complexity index is 570. The van der Waals surface area contributed by atoms with Gasteiger partial charge in [-0.25, -0.2) is 9.37 Å². The first-order valence-corrected chi connectivity index (χ1v) is 7.04. The minimum atomic E-state index is -0.338. The molecule has 0 aliphatic rings. The number of nitrogens with zero attached hydrogens (tertiary/aromatic N) is 3. The van der Waals surface area contributed by atoms with E-state index < -0.39 is 0 Å². The number of nitrogens with two attached hydrogens (primary N) is 1. The number of hydrogen-bond acceptors (Lipinski definition) is 3. The van der Waals surface area contributed by atoms with Crippen LogP contribution in [0.2, 0.25) is 5.02 Å². The maximum atomic E-state index is 13.0. The van der Waals surface area contributed by atoms with Gasteiger partial charge in [-0.05, 0) is 30.5 Å². The summed E-state index contributed by atoms with van der Waals surface area (Å²) in [5.74, 6) is 0.535. The molecule has 0 fully saturated rings. The lowest BCUT2D eigenvalue weighted by Crippen LogP contribution is -2.27. The zero-order chi connectivity index (χ0) is 14.5. The van der Waals surface area contributed by atoms with Crippen molar-refractivity contribution in [2.45, 2.75) is 38.8 Å². The van der Waals surface area contributed by atoms with Crippen molar-refractivity contribution in [2.75, 3.05) is 0 Å². The molecule has 1 aromatic heterocycles. The van der Waals surface area contributed by atoms with E-state index in [1.165, 1.54) is 12.1 Å². The third-order valence-electron chi connectivity index (χ3n) is 3.07. The third-order valence-corrected chi connectivity index (χ3v) is 3.42. The summed E-state index contributed by atoms with van der Waals surface area (Å²) in [4.78, 5) is 4.23. The minimum absolute atomic E-state index is 0.127. The first-order chi connectivity index (χ1) is 9.60. The number of hydrogen-bond donors (Lipinski definition) is 1. The SMILES string of the molecule is CCCn1ncnc1CC(N)Cc1ccc(F)cc1Cl. The van der Waals surface area contributed by atoms with E-state index in [0.717, 1.165) is 24.4 Å². The predicted octanol–water partition coefficient (Wildman–Crippen LogP) is 2.59. The molecular formula is C14H18ClFN4. The van der Waals surface area contributed by atoms with Crippen LogP contribution in [0.1, 0.15) is 24.7 Å². The Morgan fingerprint density at radius 3 is 2.90 bits per heavy atom. The summed E-state index contributed by atoms with van der Waals surface area (Å²) in [6.07, 6.45) is 3.74. The number of halogens is 2. The molecule has 0 bridgehead atoms. The largest absolute Gasteiger partial charge is 0.327 e.